The van der Waals surface area contributed by atoms with Gasteiger partial charge in [0.15, 0.2) is 5.96 Å². The molecule has 1 atom stereocenters. The molecular weight excluding hydrogens is 314 g/mol. The first-order chi connectivity index (χ1) is 10.8. The van der Waals surface area contributed by atoms with Crippen LogP contribution in [0.5, 0.6) is 5.75 Å². The van der Waals surface area contributed by atoms with Gasteiger partial charge in [-0.15, -0.1) is 0 Å². The predicted octanol–water partition coefficient (Wildman–Crippen LogP) is 1.36. The maximum absolute atomic E-state index is 11.1. The lowest BCUT2D eigenvalue weighted by atomic mass is 10.2. The summed E-state index contributed by atoms with van der Waals surface area (Å²) < 4.78 is 28.0. The lowest BCUT2D eigenvalue weighted by Crippen LogP contribution is -2.42. The largest absolute Gasteiger partial charge is 0.489 e. The Hall–Kier alpha value is -1.76. The van der Waals surface area contributed by atoms with Gasteiger partial charge >= 0.3 is 0 Å². The molecule has 2 N–H and O–H groups in total. The first kappa shape index (κ1) is 19.3. The van der Waals surface area contributed by atoms with Crippen molar-refractivity contribution >= 4 is 15.8 Å². The van der Waals surface area contributed by atoms with E-state index in [0.29, 0.717) is 25.5 Å². The molecular formula is C16H27N3O3S. The minimum absolute atomic E-state index is 0.0219. The first-order valence-corrected chi connectivity index (χ1v) is 9.72. The summed E-state index contributed by atoms with van der Waals surface area (Å²) in [4.78, 5) is 4.10. The van der Waals surface area contributed by atoms with Crippen molar-refractivity contribution in [1.82, 2.24) is 10.6 Å². The van der Waals surface area contributed by atoms with Gasteiger partial charge in [0.25, 0.3) is 0 Å². The van der Waals surface area contributed by atoms with Crippen molar-refractivity contribution in [3.63, 3.8) is 0 Å². The van der Waals surface area contributed by atoms with Gasteiger partial charge in [0.05, 0.1) is 12.3 Å². The minimum atomic E-state index is -2.91. The van der Waals surface area contributed by atoms with E-state index in [0.717, 1.165) is 11.3 Å². The zero-order valence-electron chi connectivity index (χ0n) is 14.3. The fourth-order valence-corrected chi connectivity index (χ4v) is 2.63. The lowest BCUT2D eigenvalue weighted by Gasteiger charge is -2.18. The van der Waals surface area contributed by atoms with Gasteiger partial charge in [-0.1, -0.05) is 12.1 Å². The third-order valence-corrected chi connectivity index (χ3v) is 4.12. The Balaban J connectivity index is 2.31. The monoisotopic (exact) mass is 341 g/mol. The van der Waals surface area contributed by atoms with E-state index in [4.69, 9.17) is 4.74 Å². The summed E-state index contributed by atoms with van der Waals surface area (Å²) in [5, 5.41) is 6.26. The van der Waals surface area contributed by atoms with E-state index in [1.54, 1.807) is 7.05 Å². The standard InChI is InChI=1S/C16H27N3O3S/c1-13-7-5-8-15(11-13)22-14(2)12-19-16(17-3)18-9-6-10-23(4,20)21/h5,7-8,11,14H,6,9-10,12H2,1-4H3,(H2,17,18,19). The van der Waals surface area contributed by atoms with Gasteiger partial charge in [0.2, 0.25) is 0 Å². The number of hydrogen-bond acceptors (Lipinski definition) is 4. The zero-order chi connectivity index (χ0) is 17.3. The average molecular weight is 341 g/mol. The Morgan fingerprint density at radius 1 is 1.35 bits per heavy atom. The molecule has 1 aromatic carbocycles. The van der Waals surface area contributed by atoms with Crippen LogP contribution in [-0.4, -0.2) is 52.6 Å². The molecule has 0 amide bonds. The molecule has 130 valence electrons. The fraction of sp³-hybridized carbons (Fsp3) is 0.562. The van der Waals surface area contributed by atoms with Crippen LogP contribution in [-0.2, 0) is 9.84 Å². The SMILES string of the molecule is CN=C(NCCCS(C)(=O)=O)NCC(C)Oc1cccc(C)c1. The number of benzene rings is 1. The Bertz CT molecular complexity index is 615. The molecule has 0 aliphatic rings. The van der Waals surface area contributed by atoms with Crippen molar-refractivity contribution < 1.29 is 13.2 Å². The maximum Gasteiger partial charge on any atom is 0.191 e. The van der Waals surface area contributed by atoms with E-state index >= 15 is 0 Å². The Kier molecular flexibility index (Phi) is 7.88. The summed E-state index contributed by atoms with van der Waals surface area (Å²) in [6.45, 7) is 5.16. The molecule has 1 rings (SSSR count). The van der Waals surface area contributed by atoms with Gasteiger partial charge in [-0.2, -0.15) is 0 Å². The van der Waals surface area contributed by atoms with Crippen LogP contribution < -0.4 is 15.4 Å². The van der Waals surface area contributed by atoms with E-state index < -0.39 is 9.84 Å². The molecule has 0 aliphatic carbocycles. The highest BCUT2D eigenvalue weighted by Crippen LogP contribution is 2.13. The molecule has 1 unspecified atom stereocenters. The molecule has 0 radical (unpaired) electrons. The number of aryl methyl sites for hydroxylation is 1. The molecule has 0 bridgehead atoms. The van der Waals surface area contributed by atoms with E-state index in [-0.39, 0.29) is 11.9 Å². The molecule has 0 fully saturated rings. The number of rotatable bonds is 8. The van der Waals surface area contributed by atoms with Gasteiger partial charge in [0.1, 0.15) is 21.7 Å². The molecule has 7 heteroatoms. The topological polar surface area (TPSA) is 79.8 Å². The molecule has 23 heavy (non-hydrogen) atoms. The maximum atomic E-state index is 11.1. The van der Waals surface area contributed by atoms with E-state index in [2.05, 4.69) is 15.6 Å². The van der Waals surface area contributed by atoms with Gasteiger partial charge in [0, 0.05) is 19.8 Å². The number of hydrogen-bond donors (Lipinski definition) is 2. The second-order valence-corrected chi connectivity index (χ2v) is 7.87. The number of nitrogens with zero attached hydrogens (tertiary/aromatic N) is 1. The number of nitrogens with one attached hydrogen (secondary N) is 2. The van der Waals surface area contributed by atoms with Crippen LogP contribution in [0.2, 0.25) is 0 Å². The van der Waals surface area contributed by atoms with Crippen molar-refractivity contribution in [3.8, 4) is 5.75 Å². The molecule has 0 spiro atoms. The molecule has 0 aliphatic heterocycles. The summed E-state index contributed by atoms with van der Waals surface area (Å²) in [6, 6.07) is 7.92. The number of sulfone groups is 1. The van der Waals surface area contributed by atoms with Gasteiger partial charge in [-0.05, 0) is 38.0 Å². The van der Waals surface area contributed by atoms with Crippen molar-refractivity contribution in [1.29, 1.82) is 0 Å². The summed E-state index contributed by atoms with van der Waals surface area (Å²) in [6.07, 6.45) is 1.77. The quantitative estimate of drug-likeness (QED) is 0.424. The summed E-state index contributed by atoms with van der Waals surface area (Å²) in [5.41, 5.74) is 1.16. The second kappa shape index (κ2) is 9.39. The summed E-state index contributed by atoms with van der Waals surface area (Å²) >= 11 is 0. The highest BCUT2D eigenvalue weighted by atomic mass is 32.2. The molecule has 0 aromatic heterocycles. The van der Waals surface area contributed by atoms with Crippen LogP contribution in [0.15, 0.2) is 29.3 Å². The lowest BCUT2D eigenvalue weighted by molar-refractivity contribution is 0.223. The Morgan fingerprint density at radius 3 is 2.70 bits per heavy atom. The predicted molar refractivity (Wildman–Crippen MR) is 95.0 cm³/mol. The smallest absolute Gasteiger partial charge is 0.191 e. The third-order valence-electron chi connectivity index (χ3n) is 3.09. The Labute approximate surface area is 139 Å². The van der Waals surface area contributed by atoms with Gasteiger partial charge < -0.3 is 15.4 Å². The minimum Gasteiger partial charge on any atom is -0.489 e. The molecule has 0 saturated carbocycles. The normalized spacial score (nSPS) is 13.5. The summed E-state index contributed by atoms with van der Waals surface area (Å²) in [5.74, 6) is 1.65. The zero-order valence-corrected chi connectivity index (χ0v) is 15.1. The Morgan fingerprint density at radius 2 is 2.09 bits per heavy atom. The van der Waals surface area contributed by atoms with Crippen molar-refractivity contribution in [3.05, 3.63) is 29.8 Å². The van der Waals surface area contributed by atoms with E-state index in [1.165, 1.54) is 6.26 Å². The van der Waals surface area contributed by atoms with Crippen LogP contribution in [0.3, 0.4) is 0 Å². The number of guanidine groups is 1. The van der Waals surface area contributed by atoms with Crippen LogP contribution >= 0.6 is 0 Å². The molecule has 1 aromatic rings. The van der Waals surface area contributed by atoms with Crippen LogP contribution in [0, 0.1) is 6.92 Å². The first-order valence-electron chi connectivity index (χ1n) is 7.65. The third kappa shape index (κ3) is 9.07. The van der Waals surface area contributed by atoms with Crippen LogP contribution in [0.1, 0.15) is 18.9 Å². The van der Waals surface area contributed by atoms with Crippen molar-refractivity contribution in [2.75, 3.05) is 32.1 Å². The molecule has 0 saturated heterocycles. The average Bonchev–Trinajstić information content (AvgIpc) is 2.45. The molecule has 6 nitrogen and oxygen atoms in total. The van der Waals surface area contributed by atoms with Crippen molar-refractivity contribution in [2.45, 2.75) is 26.4 Å². The van der Waals surface area contributed by atoms with E-state index in [1.807, 2.05) is 38.1 Å². The van der Waals surface area contributed by atoms with Crippen LogP contribution in [0.4, 0.5) is 0 Å². The van der Waals surface area contributed by atoms with E-state index in [9.17, 15) is 8.42 Å². The van der Waals surface area contributed by atoms with Crippen LogP contribution in [0.25, 0.3) is 0 Å². The van der Waals surface area contributed by atoms with Crippen molar-refractivity contribution in [2.24, 2.45) is 4.99 Å². The number of ether oxygens (including phenoxy) is 1. The summed E-state index contributed by atoms with van der Waals surface area (Å²) in [7, 11) is -1.23. The molecule has 0 heterocycles. The highest BCUT2D eigenvalue weighted by molar-refractivity contribution is 7.90. The highest BCUT2D eigenvalue weighted by Gasteiger charge is 2.06. The fourth-order valence-electron chi connectivity index (χ4n) is 1.96. The van der Waals surface area contributed by atoms with Gasteiger partial charge in [-0.25, -0.2) is 8.42 Å². The van der Waals surface area contributed by atoms with Gasteiger partial charge in [-0.3, -0.25) is 4.99 Å². The second-order valence-electron chi connectivity index (χ2n) is 5.61. The number of aliphatic imine (C=N–C) groups is 1.